The van der Waals surface area contributed by atoms with E-state index in [1.54, 1.807) is 49.4 Å². The molecule has 7 nitrogen and oxygen atoms in total. The van der Waals surface area contributed by atoms with Gasteiger partial charge in [-0.2, -0.15) is 0 Å². The minimum Gasteiger partial charge on any atom is -0.354 e. The van der Waals surface area contributed by atoms with Gasteiger partial charge in [-0.3, -0.25) is 13.9 Å². The first-order valence-electron chi connectivity index (χ1n) is 15.2. The number of aryl methyl sites for hydroxylation is 2. The van der Waals surface area contributed by atoms with Crippen molar-refractivity contribution in [2.45, 2.75) is 57.5 Å². The molecule has 4 aromatic rings. The number of carbonyl (C=O) groups excluding carboxylic acids is 2. The highest BCUT2D eigenvalue weighted by atomic mass is 35.5. The Kier molecular flexibility index (Phi) is 12.3. The molecule has 0 saturated carbocycles. The molecule has 242 valence electrons. The number of halogens is 2. The number of unbranched alkanes of at least 4 members (excludes halogenated alkanes) is 1. The van der Waals surface area contributed by atoms with Crippen molar-refractivity contribution in [1.29, 1.82) is 0 Å². The Morgan fingerprint density at radius 3 is 2.15 bits per heavy atom. The van der Waals surface area contributed by atoms with Gasteiger partial charge in [0.1, 0.15) is 12.6 Å². The lowest BCUT2D eigenvalue weighted by molar-refractivity contribution is -0.140. The summed E-state index contributed by atoms with van der Waals surface area (Å²) in [4.78, 5) is 30.0. The van der Waals surface area contributed by atoms with E-state index in [0.717, 1.165) is 28.3 Å². The van der Waals surface area contributed by atoms with E-state index in [4.69, 9.17) is 23.2 Å². The molecule has 46 heavy (non-hydrogen) atoms. The van der Waals surface area contributed by atoms with E-state index in [1.807, 2.05) is 56.3 Å². The Balaban J connectivity index is 1.82. The molecule has 0 spiro atoms. The van der Waals surface area contributed by atoms with Crippen LogP contribution in [0.3, 0.4) is 0 Å². The second-order valence-corrected chi connectivity index (χ2v) is 13.9. The minimum absolute atomic E-state index is 0.000441. The predicted octanol–water partition coefficient (Wildman–Crippen LogP) is 7.36. The number of benzene rings is 4. The van der Waals surface area contributed by atoms with E-state index < -0.39 is 28.5 Å². The van der Waals surface area contributed by atoms with E-state index in [0.29, 0.717) is 33.4 Å². The third kappa shape index (κ3) is 8.90. The largest absolute Gasteiger partial charge is 0.354 e. The zero-order valence-electron chi connectivity index (χ0n) is 26.2. The predicted molar refractivity (Wildman–Crippen MR) is 186 cm³/mol. The van der Waals surface area contributed by atoms with Crippen LogP contribution in [0, 0.1) is 13.8 Å². The van der Waals surface area contributed by atoms with Crippen LogP contribution in [0.15, 0.2) is 102 Å². The third-order valence-electron chi connectivity index (χ3n) is 7.68. The highest BCUT2D eigenvalue weighted by molar-refractivity contribution is 7.92. The van der Waals surface area contributed by atoms with Gasteiger partial charge in [-0.15, -0.1) is 0 Å². The number of rotatable bonds is 14. The molecular formula is C36H39Cl2N3O4S. The van der Waals surface area contributed by atoms with Gasteiger partial charge in [0.05, 0.1) is 20.6 Å². The topological polar surface area (TPSA) is 86.8 Å². The highest BCUT2D eigenvalue weighted by Gasteiger charge is 2.35. The summed E-state index contributed by atoms with van der Waals surface area (Å²) in [5.74, 6) is -0.868. The fraction of sp³-hybridized carbons (Fsp3) is 0.278. The first-order valence-corrected chi connectivity index (χ1v) is 17.4. The molecule has 10 heteroatoms. The number of nitrogens with zero attached hydrogens (tertiary/aromatic N) is 2. The summed E-state index contributed by atoms with van der Waals surface area (Å²) in [6, 6.07) is 27.0. The lowest BCUT2D eigenvalue weighted by Crippen LogP contribution is -2.53. The van der Waals surface area contributed by atoms with Crippen LogP contribution in [0.1, 0.15) is 42.0 Å². The Morgan fingerprint density at radius 2 is 1.50 bits per heavy atom. The Morgan fingerprint density at radius 1 is 0.826 bits per heavy atom. The molecule has 1 N–H and O–H groups in total. The van der Waals surface area contributed by atoms with Gasteiger partial charge in [0.15, 0.2) is 0 Å². The van der Waals surface area contributed by atoms with Crippen LogP contribution in [-0.2, 0) is 32.6 Å². The van der Waals surface area contributed by atoms with Gasteiger partial charge in [0.2, 0.25) is 11.8 Å². The Bertz CT molecular complexity index is 1750. The monoisotopic (exact) mass is 679 g/mol. The first-order chi connectivity index (χ1) is 22.0. The van der Waals surface area contributed by atoms with E-state index in [-0.39, 0.29) is 23.8 Å². The van der Waals surface area contributed by atoms with Crippen molar-refractivity contribution >= 4 is 50.7 Å². The fourth-order valence-corrected chi connectivity index (χ4v) is 6.93. The van der Waals surface area contributed by atoms with Gasteiger partial charge in [0.25, 0.3) is 10.0 Å². The normalized spacial score (nSPS) is 11.9. The molecule has 0 aliphatic heterocycles. The number of amides is 2. The van der Waals surface area contributed by atoms with E-state index in [1.165, 1.54) is 17.0 Å². The van der Waals surface area contributed by atoms with Crippen molar-refractivity contribution in [2.75, 3.05) is 17.4 Å². The highest BCUT2D eigenvalue weighted by Crippen LogP contribution is 2.29. The number of hydrogen-bond donors (Lipinski definition) is 1. The van der Waals surface area contributed by atoms with Crippen LogP contribution in [-0.4, -0.2) is 44.3 Å². The van der Waals surface area contributed by atoms with Crippen molar-refractivity contribution < 1.29 is 18.0 Å². The minimum atomic E-state index is -4.18. The second kappa shape index (κ2) is 16.1. The lowest BCUT2D eigenvalue weighted by Gasteiger charge is -2.34. The van der Waals surface area contributed by atoms with Crippen LogP contribution in [0.5, 0.6) is 0 Å². The SMILES string of the molecule is CCCCNC(=O)[C@@H](Cc1ccccc1)N(Cc1ccc(Cl)c(Cl)c1)C(=O)CN(c1cc(C)ccc1C)S(=O)(=O)c1ccccc1. The van der Waals surface area contributed by atoms with Gasteiger partial charge < -0.3 is 10.2 Å². The smallest absolute Gasteiger partial charge is 0.264 e. The molecule has 2 amide bonds. The van der Waals surface area contributed by atoms with Crippen LogP contribution in [0.2, 0.25) is 10.0 Å². The zero-order valence-corrected chi connectivity index (χ0v) is 28.6. The molecule has 0 heterocycles. The molecule has 1 atom stereocenters. The molecule has 0 unspecified atom stereocenters. The quantitative estimate of drug-likeness (QED) is 0.141. The first kappa shape index (κ1) is 35.0. The zero-order chi connectivity index (χ0) is 33.3. The average Bonchev–Trinajstić information content (AvgIpc) is 3.05. The van der Waals surface area contributed by atoms with Crippen LogP contribution < -0.4 is 9.62 Å². The van der Waals surface area contributed by atoms with E-state index >= 15 is 0 Å². The molecule has 4 rings (SSSR count). The number of carbonyl (C=O) groups is 2. The Hall–Kier alpha value is -3.85. The van der Waals surface area contributed by atoms with Crippen molar-refractivity contribution in [3.05, 3.63) is 129 Å². The molecule has 4 aromatic carbocycles. The van der Waals surface area contributed by atoms with Gasteiger partial charge in [0, 0.05) is 19.5 Å². The number of nitrogens with one attached hydrogen (secondary N) is 1. The van der Waals surface area contributed by atoms with Gasteiger partial charge in [-0.05, 0) is 72.9 Å². The summed E-state index contributed by atoms with van der Waals surface area (Å²) in [6.07, 6.45) is 1.89. The van der Waals surface area contributed by atoms with Crippen molar-refractivity contribution in [3.8, 4) is 0 Å². The molecule has 0 bridgehead atoms. The van der Waals surface area contributed by atoms with Crippen molar-refractivity contribution in [2.24, 2.45) is 0 Å². The van der Waals surface area contributed by atoms with Crippen molar-refractivity contribution in [1.82, 2.24) is 10.2 Å². The molecule has 0 aliphatic rings. The fourth-order valence-electron chi connectivity index (χ4n) is 5.12. The molecule has 0 aromatic heterocycles. The van der Waals surface area contributed by atoms with Gasteiger partial charge >= 0.3 is 0 Å². The second-order valence-electron chi connectivity index (χ2n) is 11.2. The molecule has 0 aliphatic carbocycles. The summed E-state index contributed by atoms with van der Waals surface area (Å²) in [5, 5.41) is 3.66. The number of sulfonamides is 1. The standard InChI is InChI=1S/C36H39Cl2N3O4S/c1-4-5-20-39-36(43)34(23-28-12-8-6-9-13-28)40(24-29-18-19-31(37)32(38)22-29)35(42)25-41(33-21-26(2)16-17-27(33)3)46(44,45)30-14-10-7-11-15-30/h6-19,21-22,34H,4-5,20,23-25H2,1-3H3,(H,39,43)/t34-/m1/s1. The summed E-state index contributed by atoms with van der Waals surface area (Å²) in [5.41, 5.74) is 3.41. The number of anilines is 1. The molecule has 0 fully saturated rings. The van der Waals surface area contributed by atoms with E-state index in [9.17, 15) is 18.0 Å². The summed E-state index contributed by atoms with van der Waals surface area (Å²) < 4.78 is 29.6. The lowest BCUT2D eigenvalue weighted by atomic mass is 10.0. The van der Waals surface area contributed by atoms with Crippen LogP contribution >= 0.6 is 23.2 Å². The average molecular weight is 681 g/mol. The number of hydrogen-bond acceptors (Lipinski definition) is 4. The maximum atomic E-state index is 14.6. The summed E-state index contributed by atoms with van der Waals surface area (Å²) in [7, 11) is -4.18. The van der Waals surface area contributed by atoms with Crippen LogP contribution in [0.4, 0.5) is 5.69 Å². The Labute approximate surface area is 282 Å². The summed E-state index contributed by atoms with van der Waals surface area (Å²) >= 11 is 12.5. The maximum Gasteiger partial charge on any atom is 0.264 e. The van der Waals surface area contributed by atoms with Crippen molar-refractivity contribution in [3.63, 3.8) is 0 Å². The third-order valence-corrected chi connectivity index (χ3v) is 10.2. The van der Waals surface area contributed by atoms with Crippen LogP contribution in [0.25, 0.3) is 0 Å². The van der Waals surface area contributed by atoms with Gasteiger partial charge in [-0.1, -0.05) is 103 Å². The maximum absolute atomic E-state index is 14.6. The van der Waals surface area contributed by atoms with Gasteiger partial charge in [-0.25, -0.2) is 8.42 Å². The molecular weight excluding hydrogens is 641 g/mol. The summed E-state index contributed by atoms with van der Waals surface area (Å²) in [6.45, 7) is 5.62. The van der Waals surface area contributed by atoms with E-state index in [2.05, 4.69) is 5.32 Å². The molecule has 0 radical (unpaired) electrons. The molecule has 0 saturated heterocycles.